The summed E-state index contributed by atoms with van der Waals surface area (Å²) in [6.45, 7) is 8.29. The third-order valence-corrected chi connectivity index (χ3v) is 5.62. The van der Waals surface area contributed by atoms with Crippen LogP contribution in [0.5, 0.6) is 0 Å². The zero-order valence-corrected chi connectivity index (χ0v) is 19.8. The molecule has 2 aromatic rings. The number of hydrogen-bond donors (Lipinski definition) is 3. The van der Waals surface area contributed by atoms with E-state index >= 15 is 0 Å². The molecule has 0 heterocycles. The molecule has 0 amide bonds. The molecule has 2 aromatic carbocycles. The maximum Gasteiger partial charge on any atom is 0.335 e. The van der Waals surface area contributed by atoms with Crippen molar-refractivity contribution in [3.8, 4) is 0 Å². The second kappa shape index (κ2) is 14.1. The predicted molar refractivity (Wildman–Crippen MR) is 128 cm³/mol. The third kappa shape index (κ3) is 10.3. The third-order valence-electron chi connectivity index (χ3n) is 5.62. The summed E-state index contributed by atoms with van der Waals surface area (Å²) in [6.07, 6.45) is 2.13. The SMILES string of the molecule is CCC(C)c1ccc(C(=O)O)cc1.CCC(C)c1ccc(CN(CC(=O)O)CC(=O)O)cc1. The van der Waals surface area contributed by atoms with Gasteiger partial charge in [0.15, 0.2) is 0 Å². The predicted octanol–water partition coefficient (Wildman–Crippen LogP) is 5.07. The van der Waals surface area contributed by atoms with Crippen molar-refractivity contribution in [3.05, 3.63) is 70.8 Å². The second-order valence-electron chi connectivity index (χ2n) is 8.22. The summed E-state index contributed by atoms with van der Waals surface area (Å²) in [5.41, 5.74) is 3.71. The van der Waals surface area contributed by atoms with E-state index in [9.17, 15) is 14.4 Å². The average molecular weight is 458 g/mol. The fourth-order valence-electron chi connectivity index (χ4n) is 3.19. The van der Waals surface area contributed by atoms with Crippen molar-refractivity contribution in [1.29, 1.82) is 0 Å². The number of carbonyl (C=O) groups is 3. The molecule has 2 rings (SSSR count). The number of carboxylic acid groups (broad SMARTS) is 3. The number of aromatic carboxylic acids is 1. The first-order valence-electron chi connectivity index (χ1n) is 11.1. The number of hydrogen-bond acceptors (Lipinski definition) is 4. The molecule has 0 aliphatic carbocycles. The van der Waals surface area contributed by atoms with Gasteiger partial charge in [-0.3, -0.25) is 14.5 Å². The molecule has 33 heavy (non-hydrogen) atoms. The molecule has 3 N–H and O–H groups in total. The number of rotatable bonds is 11. The van der Waals surface area contributed by atoms with E-state index in [-0.39, 0.29) is 13.1 Å². The Labute approximate surface area is 195 Å². The molecule has 2 unspecified atom stereocenters. The second-order valence-corrected chi connectivity index (χ2v) is 8.22. The standard InChI is InChI=1S/C15H21NO4.C11H14O2/c1-3-11(2)13-6-4-12(5-7-13)8-16(9-14(17)18)10-15(19)20;1-3-8(2)9-4-6-10(7-5-9)11(12)13/h4-7,11H,3,8-10H2,1-2H3,(H,17,18)(H,19,20);4-8H,3H2,1-2H3,(H,12,13). The van der Waals surface area contributed by atoms with Crippen LogP contribution in [-0.4, -0.2) is 51.2 Å². The molecule has 0 saturated carbocycles. The van der Waals surface area contributed by atoms with Crippen molar-refractivity contribution < 1.29 is 29.7 Å². The van der Waals surface area contributed by atoms with Crippen LogP contribution in [0.4, 0.5) is 0 Å². The molecule has 0 fully saturated rings. The van der Waals surface area contributed by atoms with Crippen LogP contribution < -0.4 is 0 Å². The molecule has 0 spiro atoms. The van der Waals surface area contributed by atoms with E-state index in [1.54, 1.807) is 12.1 Å². The Morgan fingerprint density at radius 3 is 1.45 bits per heavy atom. The summed E-state index contributed by atoms with van der Waals surface area (Å²) >= 11 is 0. The summed E-state index contributed by atoms with van der Waals surface area (Å²) in [7, 11) is 0. The summed E-state index contributed by atoms with van der Waals surface area (Å²) in [5, 5.41) is 26.2. The number of nitrogens with zero attached hydrogens (tertiary/aromatic N) is 1. The van der Waals surface area contributed by atoms with Crippen molar-refractivity contribution in [3.63, 3.8) is 0 Å². The van der Waals surface area contributed by atoms with Gasteiger partial charge in [0.1, 0.15) is 0 Å². The van der Waals surface area contributed by atoms with Gasteiger partial charge in [0.25, 0.3) is 0 Å². The first-order valence-corrected chi connectivity index (χ1v) is 11.1. The Morgan fingerprint density at radius 2 is 1.12 bits per heavy atom. The zero-order chi connectivity index (χ0) is 25.0. The van der Waals surface area contributed by atoms with E-state index < -0.39 is 17.9 Å². The van der Waals surface area contributed by atoms with Gasteiger partial charge in [-0.15, -0.1) is 0 Å². The maximum atomic E-state index is 10.7. The van der Waals surface area contributed by atoms with Gasteiger partial charge in [-0.1, -0.05) is 64.1 Å². The van der Waals surface area contributed by atoms with Crippen LogP contribution in [0.2, 0.25) is 0 Å². The zero-order valence-electron chi connectivity index (χ0n) is 19.8. The van der Waals surface area contributed by atoms with Gasteiger partial charge in [-0.2, -0.15) is 0 Å². The van der Waals surface area contributed by atoms with Crippen molar-refractivity contribution in [2.24, 2.45) is 0 Å². The number of aliphatic carboxylic acids is 2. The molecule has 2 atom stereocenters. The minimum Gasteiger partial charge on any atom is -0.480 e. The molecule has 0 aliphatic rings. The van der Waals surface area contributed by atoms with Gasteiger partial charge in [0, 0.05) is 6.54 Å². The molecule has 0 saturated heterocycles. The Kier molecular flexibility index (Phi) is 11.9. The van der Waals surface area contributed by atoms with E-state index in [0.29, 0.717) is 23.9 Å². The first kappa shape index (κ1) is 27.8. The molecule has 0 bridgehead atoms. The highest BCUT2D eigenvalue weighted by molar-refractivity contribution is 5.87. The van der Waals surface area contributed by atoms with Gasteiger partial charge in [-0.05, 0) is 53.5 Å². The number of carboxylic acids is 3. The fraction of sp³-hybridized carbons (Fsp3) is 0.423. The van der Waals surface area contributed by atoms with E-state index in [4.69, 9.17) is 15.3 Å². The van der Waals surface area contributed by atoms with E-state index in [1.165, 1.54) is 16.0 Å². The van der Waals surface area contributed by atoms with Crippen LogP contribution in [0.15, 0.2) is 48.5 Å². The van der Waals surface area contributed by atoms with Crippen molar-refractivity contribution in [2.45, 2.75) is 58.9 Å². The Balaban J connectivity index is 0.000000361. The largest absolute Gasteiger partial charge is 0.480 e. The highest BCUT2D eigenvalue weighted by Gasteiger charge is 2.14. The lowest BCUT2D eigenvalue weighted by molar-refractivity contribution is -0.142. The van der Waals surface area contributed by atoms with Crippen LogP contribution in [0.3, 0.4) is 0 Å². The minimum atomic E-state index is -1.03. The normalized spacial score (nSPS) is 12.4. The summed E-state index contributed by atoms with van der Waals surface area (Å²) < 4.78 is 0. The first-order chi connectivity index (χ1) is 15.6. The maximum absolute atomic E-state index is 10.7. The van der Waals surface area contributed by atoms with Crippen LogP contribution in [0, 0.1) is 0 Å². The van der Waals surface area contributed by atoms with Gasteiger partial charge in [0.2, 0.25) is 0 Å². The molecule has 180 valence electrons. The van der Waals surface area contributed by atoms with Gasteiger partial charge < -0.3 is 15.3 Å². The lowest BCUT2D eigenvalue weighted by atomic mass is 9.97. The van der Waals surface area contributed by atoms with Gasteiger partial charge in [0.05, 0.1) is 18.7 Å². The molecule has 0 aliphatic heterocycles. The molecule has 0 aromatic heterocycles. The summed E-state index contributed by atoms with van der Waals surface area (Å²) in [6, 6.07) is 15.0. The monoisotopic (exact) mass is 457 g/mol. The van der Waals surface area contributed by atoms with E-state index in [2.05, 4.69) is 27.7 Å². The van der Waals surface area contributed by atoms with E-state index in [0.717, 1.165) is 18.4 Å². The smallest absolute Gasteiger partial charge is 0.335 e. The molecule has 7 nitrogen and oxygen atoms in total. The molecule has 0 radical (unpaired) electrons. The number of benzene rings is 2. The van der Waals surface area contributed by atoms with Crippen molar-refractivity contribution in [2.75, 3.05) is 13.1 Å². The fourth-order valence-corrected chi connectivity index (χ4v) is 3.19. The summed E-state index contributed by atoms with van der Waals surface area (Å²) in [5.74, 6) is -1.93. The van der Waals surface area contributed by atoms with Crippen molar-refractivity contribution >= 4 is 17.9 Å². The van der Waals surface area contributed by atoms with Crippen LogP contribution in [-0.2, 0) is 16.1 Å². The lowest BCUT2D eigenvalue weighted by Crippen LogP contribution is -2.33. The van der Waals surface area contributed by atoms with Crippen LogP contribution >= 0.6 is 0 Å². The van der Waals surface area contributed by atoms with E-state index in [1.807, 2.05) is 36.4 Å². The Morgan fingerprint density at radius 1 is 0.727 bits per heavy atom. The average Bonchev–Trinajstić information content (AvgIpc) is 2.78. The van der Waals surface area contributed by atoms with Crippen LogP contribution in [0.1, 0.15) is 79.4 Å². The Bertz CT molecular complexity index is 876. The topological polar surface area (TPSA) is 115 Å². The van der Waals surface area contributed by atoms with Gasteiger partial charge >= 0.3 is 17.9 Å². The van der Waals surface area contributed by atoms with Crippen molar-refractivity contribution in [1.82, 2.24) is 4.90 Å². The van der Waals surface area contributed by atoms with Crippen LogP contribution in [0.25, 0.3) is 0 Å². The quantitative estimate of drug-likeness (QED) is 0.431. The highest BCUT2D eigenvalue weighted by Crippen LogP contribution is 2.20. The molecule has 7 heteroatoms. The molecular formula is C26H35NO6. The minimum absolute atomic E-state index is 0.278. The Hall–Kier alpha value is -3.19. The molecular weight excluding hydrogens is 422 g/mol. The van der Waals surface area contributed by atoms with Gasteiger partial charge in [-0.25, -0.2) is 4.79 Å². The highest BCUT2D eigenvalue weighted by atomic mass is 16.4. The lowest BCUT2D eigenvalue weighted by Gasteiger charge is -2.18. The summed E-state index contributed by atoms with van der Waals surface area (Å²) in [4.78, 5) is 33.4.